The van der Waals surface area contributed by atoms with Crippen LogP contribution in [0, 0.1) is 5.92 Å². The Morgan fingerprint density at radius 3 is 2.67 bits per heavy atom. The summed E-state index contributed by atoms with van der Waals surface area (Å²) in [7, 11) is 3.55. The van der Waals surface area contributed by atoms with Crippen LogP contribution in [0.4, 0.5) is 0 Å². The monoisotopic (exact) mass is 354 g/mol. The van der Waals surface area contributed by atoms with Crippen molar-refractivity contribution in [1.82, 2.24) is 15.5 Å². The molecule has 2 fully saturated rings. The number of hydrogen-bond acceptors (Lipinski definition) is 3. The molecule has 2 N–H and O–H groups in total. The standard InChI is InChI=1S/C18H34N4OS/c1-14-8-5-6-9-15(14)21-17(19-12-16(23)22(3)4)20-13-18(2)10-7-11-24-18/h14-15H,5-13H2,1-4H3,(H2,19,20,21). The van der Waals surface area contributed by atoms with Gasteiger partial charge in [-0.1, -0.05) is 19.8 Å². The number of carbonyl (C=O) groups excluding carboxylic acids is 1. The van der Waals surface area contributed by atoms with E-state index in [0.29, 0.717) is 12.0 Å². The first kappa shape index (κ1) is 19.4. The number of carbonyl (C=O) groups is 1. The van der Waals surface area contributed by atoms with Gasteiger partial charge >= 0.3 is 0 Å². The molecule has 2 rings (SSSR count). The van der Waals surface area contributed by atoms with Gasteiger partial charge in [-0.15, -0.1) is 0 Å². The Labute approximate surface area is 151 Å². The average Bonchev–Trinajstić information content (AvgIpc) is 2.98. The second kappa shape index (κ2) is 8.97. The molecule has 1 heterocycles. The van der Waals surface area contributed by atoms with Gasteiger partial charge in [0.1, 0.15) is 6.54 Å². The van der Waals surface area contributed by atoms with Crippen molar-refractivity contribution in [2.24, 2.45) is 10.9 Å². The van der Waals surface area contributed by atoms with Crippen molar-refractivity contribution in [3.8, 4) is 0 Å². The van der Waals surface area contributed by atoms with E-state index in [1.807, 2.05) is 11.8 Å². The van der Waals surface area contributed by atoms with Crippen LogP contribution in [0.5, 0.6) is 0 Å². The summed E-state index contributed by atoms with van der Waals surface area (Å²) in [5.74, 6) is 2.75. The molecular formula is C18H34N4OS. The molecule has 1 saturated heterocycles. The number of aliphatic imine (C=N–C) groups is 1. The molecule has 3 unspecified atom stereocenters. The Balaban J connectivity index is 1.96. The van der Waals surface area contributed by atoms with E-state index in [1.165, 1.54) is 44.3 Å². The molecule has 1 saturated carbocycles. The fraction of sp³-hybridized carbons (Fsp3) is 0.889. The second-order valence-corrected chi connectivity index (χ2v) is 9.40. The highest BCUT2D eigenvalue weighted by atomic mass is 32.2. The number of hydrogen-bond donors (Lipinski definition) is 2. The molecule has 6 heteroatoms. The van der Waals surface area contributed by atoms with E-state index in [0.717, 1.165) is 12.5 Å². The summed E-state index contributed by atoms with van der Waals surface area (Å²) in [5, 5.41) is 7.11. The lowest BCUT2D eigenvalue weighted by Gasteiger charge is -2.32. The fourth-order valence-corrected chi connectivity index (χ4v) is 4.64. The van der Waals surface area contributed by atoms with Gasteiger partial charge in [-0.05, 0) is 44.3 Å². The van der Waals surface area contributed by atoms with Gasteiger partial charge in [-0.25, -0.2) is 4.99 Å². The van der Waals surface area contributed by atoms with Gasteiger partial charge in [0.15, 0.2) is 5.96 Å². The Morgan fingerprint density at radius 2 is 2.04 bits per heavy atom. The summed E-state index contributed by atoms with van der Waals surface area (Å²) >= 11 is 2.04. The van der Waals surface area contributed by atoms with Gasteiger partial charge in [-0.3, -0.25) is 4.79 Å². The molecule has 0 bridgehead atoms. The smallest absolute Gasteiger partial charge is 0.243 e. The molecule has 1 amide bonds. The van der Waals surface area contributed by atoms with Gasteiger partial charge in [0.05, 0.1) is 0 Å². The van der Waals surface area contributed by atoms with Crippen LogP contribution in [0.15, 0.2) is 4.99 Å². The zero-order chi connectivity index (χ0) is 17.6. The minimum atomic E-state index is 0.0363. The first-order valence-electron chi connectivity index (χ1n) is 9.28. The SMILES string of the molecule is CC1CCCCC1NC(=NCC(=O)N(C)C)NCC1(C)CCCS1. The molecule has 0 aromatic heterocycles. The molecule has 138 valence electrons. The van der Waals surface area contributed by atoms with Crippen molar-refractivity contribution in [2.45, 2.75) is 63.2 Å². The first-order valence-corrected chi connectivity index (χ1v) is 10.3. The molecule has 0 spiro atoms. The third kappa shape index (κ3) is 5.87. The topological polar surface area (TPSA) is 56.7 Å². The molecular weight excluding hydrogens is 320 g/mol. The van der Waals surface area contributed by atoms with Crippen molar-refractivity contribution < 1.29 is 4.79 Å². The molecule has 24 heavy (non-hydrogen) atoms. The summed E-state index contributed by atoms with van der Waals surface area (Å²) in [5.41, 5.74) is 0. The van der Waals surface area contributed by atoms with Crippen molar-refractivity contribution in [3.05, 3.63) is 0 Å². The normalized spacial score (nSPS) is 30.9. The lowest BCUT2D eigenvalue weighted by atomic mass is 9.86. The number of thioether (sulfide) groups is 1. The Bertz CT molecular complexity index is 446. The van der Waals surface area contributed by atoms with Crippen LogP contribution in [0.3, 0.4) is 0 Å². The van der Waals surface area contributed by atoms with Crippen LogP contribution < -0.4 is 10.6 Å². The molecule has 0 radical (unpaired) electrons. The Morgan fingerprint density at radius 1 is 1.29 bits per heavy atom. The highest BCUT2D eigenvalue weighted by Crippen LogP contribution is 2.36. The Kier molecular flexibility index (Phi) is 7.26. The van der Waals surface area contributed by atoms with E-state index < -0.39 is 0 Å². The third-order valence-corrected chi connectivity index (χ3v) is 6.77. The van der Waals surface area contributed by atoms with Crippen molar-refractivity contribution in [2.75, 3.05) is 32.9 Å². The number of nitrogens with zero attached hydrogens (tertiary/aromatic N) is 2. The van der Waals surface area contributed by atoms with Gasteiger partial charge in [0, 0.05) is 31.4 Å². The summed E-state index contributed by atoms with van der Waals surface area (Å²) < 4.78 is 0.284. The van der Waals surface area contributed by atoms with Crippen molar-refractivity contribution in [3.63, 3.8) is 0 Å². The van der Waals surface area contributed by atoms with Gasteiger partial charge in [0.25, 0.3) is 0 Å². The maximum atomic E-state index is 11.9. The quantitative estimate of drug-likeness (QED) is 0.588. The number of amides is 1. The van der Waals surface area contributed by atoms with E-state index in [1.54, 1.807) is 19.0 Å². The van der Waals surface area contributed by atoms with Gasteiger partial charge in [0.2, 0.25) is 5.91 Å². The Hall–Kier alpha value is -0.910. The fourth-order valence-electron chi connectivity index (χ4n) is 3.39. The number of rotatable bonds is 5. The molecule has 0 aromatic carbocycles. The zero-order valence-corrected chi connectivity index (χ0v) is 16.5. The third-order valence-electron chi connectivity index (χ3n) is 5.24. The van der Waals surface area contributed by atoms with Crippen molar-refractivity contribution in [1.29, 1.82) is 0 Å². The number of guanidine groups is 1. The van der Waals surface area contributed by atoms with Crippen LogP contribution >= 0.6 is 11.8 Å². The maximum Gasteiger partial charge on any atom is 0.243 e. The maximum absolute atomic E-state index is 11.9. The molecule has 0 aromatic rings. The molecule has 3 atom stereocenters. The highest BCUT2D eigenvalue weighted by molar-refractivity contribution is 8.00. The van der Waals surface area contributed by atoms with Gasteiger partial charge in [-0.2, -0.15) is 11.8 Å². The van der Waals surface area contributed by atoms with E-state index >= 15 is 0 Å². The lowest BCUT2D eigenvalue weighted by molar-refractivity contribution is -0.127. The van der Waals surface area contributed by atoms with E-state index in [9.17, 15) is 4.79 Å². The second-order valence-electron chi connectivity index (χ2n) is 7.72. The predicted octanol–water partition coefficient (Wildman–Crippen LogP) is 2.47. The van der Waals surface area contributed by atoms with Gasteiger partial charge < -0.3 is 15.5 Å². The number of likely N-dealkylation sites (N-methyl/N-ethyl adjacent to an activating group) is 1. The largest absolute Gasteiger partial charge is 0.355 e. The summed E-state index contributed by atoms with van der Waals surface area (Å²) in [6.45, 7) is 5.74. The van der Waals surface area contributed by atoms with E-state index in [4.69, 9.17) is 0 Å². The minimum absolute atomic E-state index is 0.0363. The van der Waals surface area contributed by atoms with Crippen LogP contribution in [-0.4, -0.2) is 60.5 Å². The number of nitrogens with one attached hydrogen (secondary N) is 2. The van der Waals surface area contributed by atoms with E-state index in [2.05, 4.69) is 29.5 Å². The summed E-state index contributed by atoms with van der Waals surface area (Å²) in [6.07, 6.45) is 7.60. The molecule has 2 aliphatic rings. The molecule has 5 nitrogen and oxygen atoms in total. The molecule has 1 aliphatic carbocycles. The van der Waals surface area contributed by atoms with E-state index in [-0.39, 0.29) is 17.2 Å². The van der Waals surface area contributed by atoms with Crippen molar-refractivity contribution >= 4 is 23.6 Å². The summed E-state index contributed by atoms with van der Waals surface area (Å²) in [4.78, 5) is 18.0. The first-order chi connectivity index (χ1) is 11.4. The minimum Gasteiger partial charge on any atom is -0.355 e. The lowest BCUT2D eigenvalue weighted by Crippen LogP contribution is -2.50. The van der Waals surface area contributed by atoms with Crippen LogP contribution in [0.25, 0.3) is 0 Å². The average molecular weight is 355 g/mol. The van der Waals surface area contributed by atoms with Crippen LogP contribution in [-0.2, 0) is 4.79 Å². The van der Waals surface area contributed by atoms with Crippen LogP contribution in [0.2, 0.25) is 0 Å². The predicted molar refractivity (Wildman–Crippen MR) is 104 cm³/mol. The zero-order valence-electron chi connectivity index (χ0n) is 15.7. The van der Waals surface area contributed by atoms with Crippen LogP contribution in [0.1, 0.15) is 52.4 Å². The highest BCUT2D eigenvalue weighted by Gasteiger charge is 2.30. The molecule has 1 aliphatic heterocycles. The summed E-state index contributed by atoms with van der Waals surface area (Å²) in [6, 6.07) is 0.462.